The Morgan fingerprint density at radius 2 is 1.40 bits per heavy atom. The van der Waals surface area contributed by atoms with Crippen molar-refractivity contribution in [2.45, 2.75) is 0 Å². The third kappa shape index (κ3) is 247. The summed E-state index contributed by atoms with van der Waals surface area (Å²) < 4.78 is 0. The molecule has 0 aliphatic rings. The maximum atomic E-state index is 8.25. The molecule has 0 rings (SSSR count). The first kappa shape index (κ1) is 9.00. The number of rotatable bonds is 0. The molecular weight excluding hydrogens is 151 g/mol. The maximum Gasteiger partial charge on any atom is 0.0689 e. The first-order valence-electron chi connectivity index (χ1n) is 0.548. The predicted molar refractivity (Wildman–Crippen MR) is 10.4 cm³/mol. The molecule has 0 unspecified atom stereocenters. The molecule has 0 aromatic rings. The summed E-state index contributed by atoms with van der Waals surface area (Å²) in [5.74, 6) is 0. The molecule has 0 amide bonds. The van der Waals surface area contributed by atoms with Crippen LogP contribution in [0.2, 0.25) is 0 Å². The molecule has 0 N–H and O–H groups in total. The molecule has 27 valence electrons. The fraction of sp³-hybridized carbons (Fsp3) is 0. The SMILES string of the molecule is O=[N+]([O-])[O-].[Y]. The van der Waals surface area contributed by atoms with Crippen molar-refractivity contribution in [1.82, 2.24) is 0 Å². The van der Waals surface area contributed by atoms with E-state index in [-0.39, 0.29) is 32.7 Å². The van der Waals surface area contributed by atoms with Gasteiger partial charge in [-0.05, 0) is 0 Å². The van der Waals surface area contributed by atoms with Gasteiger partial charge in [0.1, 0.15) is 0 Å². The molecule has 0 heterocycles. The molecule has 0 aromatic carbocycles. The molecule has 0 spiro atoms. The van der Waals surface area contributed by atoms with Crippen molar-refractivity contribution in [1.29, 1.82) is 0 Å². The van der Waals surface area contributed by atoms with Crippen LogP contribution in [0.5, 0.6) is 0 Å². The van der Waals surface area contributed by atoms with Crippen molar-refractivity contribution in [2.24, 2.45) is 0 Å². The van der Waals surface area contributed by atoms with E-state index in [1.807, 2.05) is 0 Å². The average Bonchev–Trinajstić information content (AvgIpc) is 0.811. The van der Waals surface area contributed by atoms with Crippen molar-refractivity contribution in [3.63, 3.8) is 0 Å². The van der Waals surface area contributed by atoms with Crippen LogP contribution in [-0.4, -0.2) is 5.09 Å². The van der Waals surface area contributed by atoms with E-state index in [0.29, 0.717) is 0 Å². The van der Waals surface area contributed by atoms with Crippen LogP contribution in [0.15, 0.2) is 0 Å². The molecule has 1 radical (unpaired) electrons. The molecule has 0 aliphatic heterocycles. The molecule has 0 aromatic heterocycles. The first-order chi connectivity index (χ1) is 1.73. The van der Waals surface area contributed by atoms with Crippen LogP contribution < -0.4 is 0 Å². The number of hydrogen-bond donors (Lipinski definition) is 0. The van der Waals surface area contributed by atoms with Crippen LogP contribution in [0.3, 0.4) is 0 Å². The van der Waals surface area contributed by atoms with Crippen LogP contribution in [-0.2, 0) is 32.7 Å². The van der Waals surface area contributed by atoms with Gasteiger partial charge in [0.25, 0.3) is 0 Å². The summed E-state index contributed by atoms with van der Waals surface area (Å²) in [5.41, 5.74) is 0. The van der Waals surface area contributed by atoms with Gasteiger partial charge in [-0.25, -0.2) is 0 Å². The molecule has 0 fully saturated rings. The van der Waals surface area contributed by atoms with Gasteiger partial charge in [0, 0.05) is 32.7 Å². The van der Waals surface area contributed by atoms with Crippen LogP contribution in [0.25, 0.3) is 0 Å². The van der Waals surface area contributed by atoms with E-state index in [4.69, 9.17) is 15.3 Å². The van der Waals surface area contributed by atoms with Crippen molar-refractivity contribution < 1.29 is 37.8 Å². The van der Waals surface area contributed by atoms with E-state index in [1.165, 1.54) is 0 Å². The molecule has 0 bridgehead atoms. The molecule has 4 nitrogen and oxygen atoms in total. The van der Waals surface area contributed by atoms with E-state index >= 15 is 0 Å². The van der Waals surface area contributed by atoms with Crippen molar-refractivity contribution >= 4 is 0 Å². The largest absolute Gasteiger partial charge is 0.356 e. The molecule has 0 saturated heterocycles. The summed E-state index contributed by atoms with van der Waals surface area (Å²) in [6, 6.07) is 0. The molecule has 5 heteroatoms. The van der Waals surface area contributed by atoms with E-state index in [9.17, 15) is 0 Å². The van der Waals surface area contributed by atoms with Gasteiger partial charge in [-0.1, -0.05) is 0 Å². The summed E-state index contributed by atoms with van der Waals surface area (Å²) in [7, 11) is 0. The molecule has 0 atom stereocenters. The van der Waals surface area contributed by atoms with Gasteiger partial charge in [0.15, 0.2) is 0 Å². The molecular formula is NO3Y-. The van der Waals surface area contributed by atoms with Gasteiger partial charge in [0.2, 0.25) is 0 Å². The predicted octanol–water partition coefficient (Wildman–Crippen LogP) is -0.242. The molecule has 5 heavy (non-hydrogen) atoms. The number of hydrogen-bond acceptors (Lipinski definition) is 3. The van der Waals surface area contributed by atoms with Gasteiger partial charge in [0.05, 0.1) is 5.09 Å². The minimum Gasteiger partial charge on any atom is -0.356 e. The van der Waals surface area contributed by atoms with Crippen LogP contribution >= 0.6 is 0 Å². The topological polar surface area (TPSA) is 66.2 Å². The molecule has 0 saturated carbocycles. The summed E-state index contributed by atoms with van der Waals surface area (Å²) in [6.45, 7) is 0. The van der Waals surface area contributed by atoms with E-state index < -0.39 is 5.09 Å². The second-order valence-corrected chi connectivity index (χ2v) is 0.224. The van der Waals surface area contributed by atoms with Gasteiger partial charge in [-0.15, -0.1) is 0 Å². The van der Waals surface area contributed by atoms with E-state index in [1.54, 1.807) is 0 Å². The van der Waals surface area contributed by atoms with Crippen molar-refractivity contribution in [2.75, 3.05) is 0 Å². The fourth-order valence-electron chi connectivity index (χ4n) is 0. The van der Waals surface area contributed by atoms with Gasteiger partial charge in [-0.2, -0.15) is 0 Å². The summed E-state index contributed by atoms with van der Waals surface area (Å²) in [5, 5.41) is 14.8. The zero-order valence-electron chi connectivity index (χ0n) is 2.25. The summed E-state index contributed by atoms with van der Waals surface area (Å²) in [6.07, 6.45) is 0. The minimum atomic E-state index is -1.75. The Morgan fingerprint density at radius 3 is 1.40 bits per heavy atom. The maximum absolute atomic E-state index is 8.25. The third-order valence-corrected chi connectivity index (χ3v) is 0. The average molecular weight is 151 g/mol. The summed E-state index contributed by atoms with van der Waals surface area (Å²) in [4.78, 5) is 8.25. The Balaban J connectivity index is 0. The molecule has 0 aliphatic carbocycles. The zero-order chi connectivity index (χ0) is 3.58. The quantitative estimate of drug-likeness (QED) is 0.354. The Hall–Kier alpha value is 0.304. The Labute approximate surface area is 53.2 Å². The van der Waals surface area contributed by atoms with Crippen molar-refractivity contribution in [3.8, 4) is 0 Å². The second-order valence-electron chi connectivity index (χ2n) is 0.224. The normalized spacial score (nSPS) is 4.80. The second kappa shape index (κ2) is 4.30. The standard InChI is InChI=1S/NO3.Y/c2-1(3)4;/q-1;. The van der Waals surface area contributed by atoms with Crippen LogP contribution in [0.4, 0.5) is 0 Å². The Kier molecular flexibility index (Phi) is 7.75. The first-order valence-corrected chi connectivity index (χ1v) is 0.548. The minimum absolute atomic E-state index is 0. The van der Waals surface area contributed by atoms with Gasteiger partial charge < -0.3 is 15.3 Å². The Morgan fingerprint density at radius 1 is 1.40 bits per heavy atom. The van der Waals surface area contributed by atoms with Crippen molar-refractivity contribution in [3.05, 3.63) is 15.3 Å². The third-order valence-electron chi connectivity index (χ3n) is 0. The van der Waals surface area contributed by atoms with E-state index in [2.05, 4.69) is 0 Å². The van der Waals surface area contributed by atoms with Gasteiger partial charge >= 0.3 is 0 Å². The summed E-state index contributed by atoms with van der Waals surface area (Å²) >= 11 is 0. The Bertz CT molecular complexity index is 29.9. The number of nitrogens with zero attached hydrogens (tertiary/aromatic N) is 1. The monoisotopic (exact) mass is 151 g/mol. The van der Waals surface area contributed by atoms with Gasteiger partial charge in [-0.3, -0.25) is 0 Å². The fourth-order valence-corrected chi connectivity index (χ4v) is 0. The van der Waals surface area contributed by atoms with Crippen LogP contribution in [0, 0.1) is 15.3 Å². The smallest absolute Gasteiger partial charge is 0.0689 e. The van der Waals surface area contributed by atoms with E-state index in [0.717, 1.165) is 0 Å². The van der Waals surface area contributed by atoms with Crippen LogP contribution in [0.1, 0.15) is 0 Å². The zero-order valence-corrected chi connectivity index (χ0v) is 5.09.